The first-order chi connectivity index (χ1) is 8.65. The van der Waals surface area contributed by atoms with E-state index in [9.17, 15) is 9.18 Å². The largest absolute Gasteiger partial charge is 0.350 e. The molecule has 1 aliphatic heterocycles. The normalized spacial score (nSPS) is 20.7. The molecule has 98 valence electrons. The minimum atomic E-state index is -0.255. The number of halogens is 1. The van der Waals surface area contributed by atoms with Crippen molar-refractivity contribution in [1.29, 1.82) is 0 Å². The maximum absolute atomic E-state index is 12.8. The zero-order valence-electron chi connectivity index (χ0n) is 10.6. The maximum atomic E-state index is 12.8. The molecule has 1 heterocycles. The van der Waals surface area contributed by atoms with Crippen LogP contribution in [0.2, 0.25) is 0 Å². The molecular formula is C14H19FN2O. The van der Waals surface area contributed by atoms with E-state index < -0.39 is 0 Å². The van der Waals surface area contributed by atoms with E-state index in [-0.39, 0.29) is 17.8 Å². The Morgan fingerprint density at radius 1 is 1.50 bits per heavy atom. The van der Waals surface area contributed by atoms with E-state index in [1.54, 1.807) is 12.1 Å². The van der Waals surface area contributed by atoms with E-state index in [1.165, 1.54) is 12.1 Å². The van der Waals surface area contributed by atoms with Crippen molar-refractivity contribution < 1.29 is 9.18 Å². The van der Waals surface area contributed by atoms with Gasteiger partial charge in [0.15, 0.2) is 0 Å². The fourth-order valence-electron chi connectivity index (χ4n) is 2.29. The Hall–Kier alpha value is -1.42. The maximum Gasteiger partial charge on any atom is 0.220 e. The predicted octanol–water partition coefficient (Wildman–Crippen LogP) is 2.00. The van der Waals surface area contributed by atoms with Gasteiger partial charge >= 0.3 is 0 Å². The average Bonchev–Trinajstić information content (AvgIpc) is 2.82. The van der Waals surface area contributed by atoms with Crippen molar-refractivity contribution in [2.45, 2.75) is 25.8 Å². The Morgan fingerprint density at radius 3 is 2.83 bits per heavy atom. The molecule has 3 nitrogen and oxygen atoms in total. The highest BCUT2D eigenvalue weighted by molar-refractivity contribution is 5.76. The number of hydrogen-bond acceptors (Lipinski definition) is 2. The van der Waals surface area contributed by atoms with Gasteiger partial charge in [0.1, 0.15) is 5.82 Å². The van der Waals surface area contributed by atoms with Crippen LogP contribution in [0, 0.1) is 11.7 Å². The van der Waals surface area contributed by atoms with Crippen LogP contribution in [0.4, 0.5) is 4.39 Å². The Morgan fingerprint density at radius 2 is 2.22 bits per heavy atom. The summed E-state index contributed by atoms with van der Waals surface area (Å²) >= 11 is 0. The van der Waals surface area contributed by atoms with E-state index in [0.717, 1.165) is 25.1 Å². The van der Waals surface area contributed by atoms with Crippen molar-refractivity contribution in [3.05, 3.63) is 35.6 Å². The van der Waals surface area contributed by atoms with E-state index in [2.05, 4.69) is 10.6 Å². The smallest absolute Gasteiger partial charge is 0.220 e. The lowest BCUT2D eigenvalue weighted by Crippen LogP contribution is -2.28. The van der Waals surface area contributed by atoms with E-state index in [4.69, 9.17) is 0 Å². The number of hydrogen-bond donors (Lipinski definition) is 2. The summed E-state index contributed by atoms with van der Waals surface area (Å²) in [6, 6.07) is 6.17. The molecule has 0 radical (unpaired) electrons. The van der Waals surface area contributed by atoms with Gasteiger partial charge in [0, 0.05) is 6.42 Å². The van der Waals surface area contributed by atoms with Crippen LogP contribution in [0.5, 0.6) is 0 Å². The molecule has 2 N–H and O–H groups in total. The SMILES string of the molecule is C[C@H](NC(=O)CC1CCNC1)c1ccc(F)cc1. The lowest BCUT2D eigenvalue weighted by molar-refractivity contribution is -0.122. The highest BCUT2D eigenvalue weighted by Gasteiger charge is 2.19. The number of rotatable bonds is 4. The summed E-state index contributed by atoms with van der Waals surface area (Å²) < 4.78 is 12.8. The molecule has 1 amide bonds. The first-order valence-electron chi connectivity index (χ1n) is 6.40. The molecule has 1 aromatic carbocycles. The van der Waals surface area contributed by atoms with Crippen molar-refractivity contribution in [3.63, 3.8) is 0 Å². The quantitative estimate of drug-likeness (QED) is 0.858. The first-order valence-corrected chi connectivity index (χ1v) is 6.40. The minimum absolute atomic E-state index is 0.0699. The molecule has 4 heteroatoms. The van der Waals surface area contributed by atoms with E-state index in [0.29, 0.717) is 12.3 Å². The van der Waals surface area contributed by atoms with Crippen molar-refractivity contribution >= 4 is 5.91 Å². The van der Waals surface area contributed by atoms with Crippen LogP contribution in [0.15, 0.2) is 24.3 Å². The summed E-state index contributed by atoms with van der Waals surface area (Å²) in [5.74, 6) is 0.264. The van der Waals surface area contributed by atoms with Crippen LogP contribution in [0.3, 0.4) is 0 Å². The molecule has 0 aromatic heterocycles. The molecule has 0 bridgehead atoms. The zero-order chi connectivity index (χ0) is 13.0. The second-order valence-corrected chi connectivity index (χ2v) is 4.90. The third-order valence-corrected chi connectivity index (χ3v) is 3.38. The molecule has 1 aliphatic rings. The van der Waals surface area contributed by atoms with Crippen molar-refractivity contribution in [3.8, 4) is 0 Å². The summed E-state index contributed by atoms with van der Waals surface area (Å²) in [5, 5.41) is 6.20. The van der Waals surface area contributed by atoms with Gasteiger partial charge in [0.2, 0.25) is 5.91 Å². The molecule has 0 saturated carbocycles. The van der Waals surface area contributed by atoms with Crippen molar-refractivity contribution in [1.82, 2.24) is 10.6 Å². The van der Waals surface area contributed by atoms with Gasteiger partial charge in [-0.2, -0.15) is 0 Å². The summed E-state index contributed by atoms with van der Waals surface area (Å²) in [7, 11) is 0. The van der Waals surface area contributed by atoms with E-state index >= 15 is 0 Å². The fourth-order valence-corrected chi connectivity index (χ4v) is 2.29. The molecule has 1 unspecified atom stereocenters. The highest BCUT2D eigenvalue weighted by atomic mass is 19.1. The lowest BCUT2D eigenvalue weighted by atomic mass is 10.0. The summed E-state index contributed by atoms with van der Waals surface area (Å²) in [6.07, 6.45) is 1.64. The van der Waals surface area contributed by atoms with Crippen molar-refractivity contribution in [2.75, 3.05) is 13.1 Å². The minimum Gasteiger partial charge on any atom is -0.350 e. The van der Waals surface area contributed by atoms with Gasteiger partial charge < -0.3 is 10.6 Å². The van der Waals surface area contributed by atoms with Crippen LogP contribution in [-0.2, 0) is 4.79 Å². The Balaban J connectivity index is 1.84. The number of benzene rings is 1. The molecule has 2 rings (SSSR count). The van der Waals surface area contributed by atoms with Crippen LogP contribution in [0.1, 0.15) is 31.4 Å². The van der Waals surface area contributed by atoms with Crippen LogP contribution >= 0.6 is 0 Å². The van der Waals surface area contributed by atoms with Crippen LogP contribution in [-0.4, -0.2) is 19.0 Å². The molecule has 0 aliphatic carbocycles. The van der Waals surface area contributed by atoms with Gasteiger partial charge in [0.25, 0.3) is 0 Å². The summed E-state index contributed by atoms with van der Waals surface area (Å²) in [6.45, 7) is 3.85. The van der Waals surface area contributed by atoms with Crippen LogP contribution < -0.4 is 10.6 Å². The summed E-state index contributed by atoms with van der Waals surface area (Å²) in [5.41, 5.74) is 0.925. The third-order valence-electron chi connectivity index (χ3n) is 3.38. The molecule has 0 spiro atoms. The topological polar surface area (TPSA) is 41.1 Å². The Bertz CT molecular complexity index is 399. The molecule has 1 saturated heterocycles. The fraction of sp³-hybridized carbons (Fsp3) is 0.500. The second kappa shape index (κ2) is 5.96. The van der Waals surface area contributed by atoms with Crippen LogP contribution in [0.25, 0.3) is 0 Å². The van der Waals surface area contributed by atoms with Crippen molar-refractivity contribution in [2.24, 2.45) is 5.92 Å². The Labute approximate surface area is 107 Å². The number of nitrogens with one attached hydrogen (secondary N) is 2. The lowest BCUT2D eigenvalue weighted by Gasteiger charge is -2.16. The second-order valence-electron chi connectivity index (χ2n) is 4.90. The summed E-state index contributed by atoms with van der Waals surface area (Å²) in [4.78, 5) is 11.8. The molecule has 1 aromatic rings. The predicted molar refractivity (Wildman–Crippen MR) is 68.6 cm³/mol. The van der Waals surface area contributed by atoms with Gasteiger partial charge in [-0.05, 0) is 50.0 Å². The van der Waals surface area contributed by atoms with Gasteiger partial charge in [-0.25, -0.2) is 4.39 Å². The molecule has 1 fully saturated rings. The standard InChI is InChI=1S/C14H19FN2O/c1-10(12-2-4-13(15)5-3-12)17-14(18)8-11-6-7-16-9-11/h2-5,10-11,16H,6-9H2,1H3,(H,17,18)/t10-,11?/m0/s1. The van der Waals surface area contributed by atoms with Gasteiger partial charge in [-0.1, -0.05) is 12.1 Å². The van der Waals surface area contributed by atoms with E-state index in [1.807, 2.05) is 6.92 Å². The van der Waals surface area contributed by atoms with Gasteiger partial charge in [0.05, 0.1) is 6.04 Å². The molecule has 2 atom stereocenters. The average molecular weight is 250 g/mol. The monoisotopic (exact) mass is 250 g/mol. The van der Waals surface area contributed by atoms with Gasteiger partial charge in [-0.15, -0.1) is 0 Å². The Kier molecular flexibility index (Phi) is 4.31. The number of carbonyl (C=O) groups is 1. The molecular weight excluding hydrogens is 231 g/mol. The molecule has 18 heavy (non-hydrogen) atoms. The highest BCUT2D eigenvalue weighted by Crippen LogP contribution is 2.15. The zero-order valence-corrected chi connectivity index (χ0v) is 10.6. The first kappa shape index (κ1) is 13.0. The third kappa shape index (κ3) is 3.53. The number of carbonyl (C=O) groups excluding carboxylic acids is 1. The number of amides is 1. The van der Waals surface area contributed by atoms with Gasteiger partial charge in [-0.3, -0.25) is 4.79 Å².